The molecule has 1 aliphatic heterocycles. The van der Waals surface area contributed by atoms with Gasteiger partial charge in [-0.2, -0.15) is 0 Å². The molecule has 1 rings (SSSR count). The van der Waals surface area contributed by atoms with Crippen LogP contribution < -0.4 is 0 Å². The van der Waals surface area contributed by atoms with Crippen molar-refractivity contribution in [3.8, 4) is 0 Å². The number of ketones is 1. The number of ether oxygens (including phenoxy) is 2. The number of carbonyl (C=O) groups excluding carboxylic acids is 2. The van der Waals surface area contributed by atoms with E-state index < -0.39 is 0 Å². The number of esters is 1. The lowest BCUT2D eigenvalue weighted by atomic mass is 9.92. The largest absolute Gasteiger partial charge is 0.465 e. The third kappa shape index (κ3) is 25.1. The number of hydrogen-bond donors (Lipinski definition) is 0. The van der Waals surface area contributed by atoms with E-state index in [1.807, 2.05) is 0 Å². The van der Waals surface area contributed by atoms with Crippen LogP contribution in [0.2, 0.25) is 0 Å². The summed E-state index contributed by atoms with van der Waals surface area (Å²) in [5.41, 5.74) is 0. The van der Waals surface area contributed by atoms with Crippen molar-refractivity contribution in [2.45, 2.75) is 194 Å². The van der Waals surface area contributed by atoms with E-state index in [1.165, 1.54) is 135 Å². The van der Waals surface area contributed by atoms with E-state index in [1.54, 1.807) is 0 Å². The van der Waals surface area contributed by atoms with Crippen molar-refractivity contribution in [1.82, 2.24) is 4.90 Å². The summed E-state index contributed by atoms with van der Waals surface area (Å²) < 4.78 is 11.7. The maximum atomic E-state index is 12.7. The van der Waals surface area contributed by atoms with E-state index in [4.69, 9.17) is 9.47 Å². The zero-order valence-electron chi connectivity index (χ0n) is 31.4. The molecule has 0 amide bonds. The molecule has 1 fully saturated rings. The lowest BCUT2D eigenvalue weighted by Gasteiger charge is -2.28. The molecular weight excluding hydrogens is 570 g/mol. The fourth-order valence-corrected chi connectivity index (χ4v) is 7.03. The third-order valence-corrected chi connectivity index (χ3v) is 10.4. The van der Waals surface area contributed by atoms with Gasteiger partial charge in [-0.15, -0.1) is 0 Å². The standard InChI is InChI=1S/C41H79NO4/c1-5-8-11-12-13-16-21-26-38(35-46-41(44)39-29-32-42(4)33-30-39)27-22-17-14-15-18-23-28-40(43)36-45-34-31-37(24-19-9-6-2)25-20-10-7-3/h37-39H,5-36H2,1-4H3. The van der Waals surface area contributed by atoms with Crippen LogP contribution in [0.3, 0.4) is 0 Å². The zero-order valence-corrected chi connectivity index (χ0v) is 31.4. The Hall–Kier alpha value is -0.940. The minimum Gasteiger partial charge on any atom is -0.465 e. The number of unbranched alkanes of at least 4 members (excludes halogenated alkanes) is 15. The molecule has 0 aromatic carbocycles. The summed E-state index contributed by atoms with van der Waals surface area (Å²) in [7, 11) is 2.14. The molecule has 0 N–H and O–H groups in total. The number of piperidine rings is 1. The van der Waals surface area contributed by atoms with E-state index >= 15 is 0 Å². The van der Waals surface area contributed by atoms with Crippen molar-refractivity contribution in [3.05, 3.63) is 0 Å². The minimum atomic E-state index is 0.0478. The fourth-order valence-electron chi connectivity index (χ4n) is 7.03. The molecule has 46 heavy (non-hydrogen) atoms. The van der Waals surface area contributed by atoms with Gasteiger partial charge in [0.15, 0.2) is 5.78 Å². The smallest absolute Gasteiger partial charge is 0.309 e. The van der Waals surface area contributed by atoms with Gasteiger partial charge in [-0.25, -0.2) is 0 Å². The summed E-state index contributed by atoms with van der Waals surface area (Å²) in [5, 5.41) is 0. The summed E-state index contributed by atoms with van der Waals surface area (Å²) in [6.07, 6.45) is 32.9. The molecule has 0 radical (unpaired) electrons. The molecule has 1 atom stereocenters. The van der Waals surface area contributed by atoms with Crippen LogP contribution >= 0.6 is 0 Å². The van der Waals surface area contributed by atoms with Crippen molar-refractivity contribution in [2.75, 3.05) is 40.0 Å². The molecule has 0 bridgehead atoms. The first-order chi connectivity index (χ1) is 22.5. The van der Waals surface area contributed by atoms with E-state index in [-0.39, 0.29) is 17.7 Å². The lowest BCUT2D eigenvalue weighted by molar-refractivity contribution is -0.151. The molecule has 0 aromatic rings. The van der Waals surface area contributed by atoms with Crippen LogP contribution in [-0.2, 0) is 19.1 Å². The Balaban J connectivity index is 2.18. The number of Topliss-reactive ketones (excluding diaryl/α,β-unsaturated/α-hetero) is 1. The van der Waals surface area contributed by atoms with Crippen molar-refractivity contribution in [1.29, 1.82) is 0 Å². The highest BCUT2D eigenvalue weighted by molar-refractivity contribution is 5.79. The quantitative estimate of drug-likeness (QED) is 0.0523. The van der Waals surface area contributed by atoms with Gasteiger partial charge in [0.2, 0.25) is 0 Å². The topological polar surface area (TPSA) is 55.8 Å². The normalized spacial score (nSPS) is 15.1. The first-order valence-corrected chi connectivity index (χ1v) is 20.4. The van der Waals surface area contributed by atoms with Crippen molar-refractivity contribution in [3.63, 3.8) is 0 Å². The van der Waals surface area contributed by atoms with E-state index in [9.17, 15) is 9.59 Å². The van der Waals surface area contributed by atoms with Gasteiger partial charge in [-0.1, -0.05) is 149 Å². The average Bonchev–Trinajstić information content (AvgIpc) is 3.06. The molecule has 5 nitrogen and oxygen atoms in total. The monoisotopic (exact) mass is 650 g/mol. The van der Waals surface area contributed by atoms with Gasteiger partial charge in [0.25, 0.3) is 0 Å². The molecule has 1 unspecified atom stereocenters. The SMILES string of the molecule is CCCCCCCCCC(CCCCCCCCC(=O)COCCC(CCCCC)CCCCC)COC(=O)C1CCN(C)CC1. The Kier molecular flexibility index (Phi) is 29.3. The number of carbonyl (C=O) groups is 2. The van der Waals surface area contributed by atoms with Crippen molar-refractivity contribution < 1.29 is 19.1 Å². The molecule has 1 saturated heterocycles. The summed E-state index contributed by atoms with van der Waals surface area (Å²) in [4.78, 5) is 27.4. The molecule has 5 heteroatoms. The molecular formula is C41H79NO4. The van der Waals surface area contributed by atoms with Gasteiger partial charge in [0.1, 0.15) is 6.61 Å². The maximum Gasteiger partial charge on any atom is 0.309 e. The Morgan fingerprint density at radius 2 is 1.07 bits per heavy atom. The Bertz CT molecular complexity index is 680. The molecule has 272 valence electrons. The Morgan fingerprint density at radius 1 is 0.609 bits per heavy atom. The molecule has 1 aliphatic rings. The summed E-state index contributed by atoms with van der Waals surface area (Å²) >= 11 is 0. The highest BCUT2D eigenvalue weighted by atomic mass is 16.5. The number of likely N-dealkylation sites (tertiary alicyclic amines) is 1. The maximum absolute atomic E-state index is 12.7. The zero-order chi connectivity index (χ0) is 33.5. The molecule has 0 saturated carbocycles. The summed E-state index contributed by atoms with van der Waals surface area (Å²) in [6, 6.07) is 0. The second kappa shape index (κ2) is 31.3. The van der Waals surface area contributed by atoms with Gasteiger partial charge >= 0.3 is 5.97 Å². The van der Waals surface area contributed by atoms with Gasteiger partial charge in [-0.05, 0) is 70.5 Å². The van der Waals surface area contributed by atoms with Crippen LogP contribution in [0.25, 0.3) is 0 Å². The summed E-state index contributed by atoms with van der Waals surface area (Å²) in [5.74, 6) is 1.69. The minimum absolute atomic E-state index is 0.0478. The highest BCUT2D eigenvalue weighted by Gasteiger charge is 2.25. The van der Waals surface area contributed by atoms with Gasteiger partial charge in [0.05, 0.1) is 12.5 Å². The Labute approximate surface area is 287 Å². The van der Waals surface area contributed by atoms with Crippen LogP contribution in [0.15, 0.2) is 0 Å². The lowest BCUT2D eigenvalue weighted by Crippen LogP contribution is -2.34. The first kappa shape index (κ1) is 43.1. The van der Waals surface area contributed by atoms with E-state index in [0.29, 0.717) is 25.6 Å². The van der Waals surface area contributed by atoms with Crippen LogP contribution in [0.5, 0.6) is 0 Å². The molecule has 0 aliphatic carbocycles. The van der Waals surface area contributed by atoms with Crippen molar-refractivity contribution >= 4 is 11.8 Å². The highest BCUT2D eigenvalue weighted by Crippen LogP contribution is 2.23. The van der Waals surface area contributed by atoms with Crippen LogP contribution in [-0.4, -0.2) is 56.6 Å². The number of nitrogens with zero attached hydrogens (tertiary/aromatic N) is 1. The predicted molar refractivity (Wildman–Crippen MR) is 196 cm³/mol. The molecule has 0 spiro atoms. The van der Waals surface area contributed by atoms with Gasteiger partial charge < -0.3 is 14.4 Å². The first-order valence-electron chi connectivity index (χ1n) is 20.4. The van der Waals surface area contributed by atoms with Crippen LogP contribution in [0.1, 0.15) is 194 Å². The average molecular weight is 650 g/mol. The predicted octanol–water partition coefficient (Wildman–Crippen LogP) is 11.5. The van der Waals surface area contributed by atoms with Crippen LogP contribution in [0.4, 0.5) is 0 Å². The van der Waals surface area contributed by atoms with E-state index in [0.717, 1.165) is 57.7 Å². The number of hydrogen-bond acceptors (Lipinski definition) is 5. The third-order valence-electron chi connectivity index (χ3n) is 10.4. The molecule has 0 aromatic heterocycles. The second-order valence-corrected chi connectivity index (χ2v) is 14.9. The Morgan fingerprint density at radius 3 is 1.63 bits per heavy atom. The van der Waals surface area contributed by atoms with Gasteiger partial charge in [0, 0.05) is 13.0 Å². The fraction of sp³-hybridized carbons (Fsp3) is 0.951. The van der Waals surface area contributed by atoms with Crippen molar-refractivity contribution in [2.24, 2.45) is 17.8 Å². The second-order valence-electron chi connectivity index (χ2n) is 14.9. The van der Waals surface area contributed by atoms with Gasteiger partial charge in [-0.3, -0.25) is 9.59 Å². The summed E-state index contributed by atoms with van der Waals surface area (Å²) in [6.45, 7) is 10.5. The molecule has 1 heterocycles. The van der Waals surface area contributed by atoms with Crippen LogP contribution in [0, 0.1) is 17.8 Å². The number of rotatable bonds is 33. The van der Waals surface area contributed by atoms with E-state index in [2.05, 4.69) is 32.7 Å².